The number of anilines is 2. The zero-order valence-corrected chi connectivity index (χ0v) is 24.8. The minimum Gasteiger partial charge on any atom is -0.485 e. The van der Waals surface area contributed by atoms with Gasteiger partial charge in [-0.1, -0.05) is 35.3 Å². The Kier molecular flexibility index (Phi) is 8.91. The largest absolute Gasteiger partial charge is 0.485 e. The topological polar surface area (TPSA) is 77.0 Å². The number of aromatic nitrogens is 2. The second-order valence-electron chi connectivity index (χ2n) is 11.2. The van der Waals surface area contributed by atoms with Gasteiger partial charge in [0.15, 0.2) is 16.7 Å². The maximum absolute atomic E-state index is 9.90. The van der Waals surface area contributed by atoms with E-state index in [1.54, 1.807) is 25.2 Å². The van der Waals surface area contributed by atoms with E-state index in [1.807, 2.05) is 49.8 Å². The van der Waals surface area contributed by atoms with Gasteiger partial charge in [0.1, 0.15) is 12.2 Å². The van der Waals surface area contributed by atoms with Crippen LogP contribution in [0.2, 0.25) is 0 Å². The van der Waals surface area contributed by atoms with Crippen LogP contribution in [0.4, 0.5) is 10.9 Å². The number of pyridine rings is 1. The molecule has 0 saturated carbocycles. The van der Waals surface area contributed by atoms with Gasteiger partial charge in [-0.15, -0.1) is 0 Å². The molecule has 9 heteroatoms. The number of nitrogens with one attached hydrogen (secondary N) is 1. The van der Waals surface area contributed by atoms with Crippen LogP contribution in [0.25, 0.3) is 10.4 Å². The maximum atomic E-state index is 9.90. The van der Waals surface area contributed by atoms with Crippen LogP contribution >= 0.6 is 11.3 Å². The molecule has 0 radical (unpaired) electrons. The molecule has 2 saturated heterocycles. The van der Waals surface area contributed by atoms with Crippen LogP contribution in [0.5, 0.6) is 5.75 Å². The Morgan fingerprint density at radius 3 is 2.58 bits per heavy atom. The number of aliphatic hydroxyl groups is 1. The zero-order valence-electron chi connectivity index (χ0n) is 24.0. The molecule has 0 aliphatic carbocycles. The van der Waals surface area contributed by atoms with Crippen LogP contribution in [0.3, 0.4) is 0 Å². The lowest BCUT2D eigenvalue weighted by molar-refractivity contribution is 0.0982. The first-order valence-corrected chi connectivity index (χ1v) is 14.9. The minimum absolute atomic E-state index is 0.383. The fourth-order valence-corrected chi connectivity index (χ4v) is 6.10. The number of benzene rings is 1. The molecule has 2 aromatic heterocycles. The van der Waals surface area contributed by atoms with Crippen LogP contribution < -0.4 is 15.0 Å². The van der Waals surface area contributed by atoms with Gasteiger partial charge < -0.3 is 25.0 Å². The highest BCUT2D eigenvalue weighted by Gasteiger charge is 2.27. The van der Waals surface area contributed by atoms with Crippen molar-refractivity contribution in [3.63, 3.8) is 0 Å². The number of likely N-dealkylation sites (N-methyl/N-ethyl adjacent to an activating group) is 1. The van der Waals surface area contributed by atoms with Gasteiger partial charge in [0, 0.05) is 75.9 Å². The van der Waals surface area contributed by atoms with Gasteiger partial charge in [0.25, 0.3) is 0 Å². The summed E-state index contributed by atoms with van der Waals surface area (Å²) in [5, 5.41) is 14.1. The Labute approximate surface area is 242 Å². The molecular formula is C31H40N6O2S. The Hall–Kier alpha value is -3.16. The summed E-state index contributed by atoms with van der Waals surface area (Å²) in [6.07, 6.45) is 6.22. The molecule has 1 aromatic carbocycles. The van der Waals surface area contributed by atoms with Crippen molar-refractivity contribution in [2.45, 2.75) is 44.9 Å². The summed E-state index contributed by atoms with van der Waals surface area (Å²) in [4.78, 5) is 18.0. The van der Waals surface area contributed by atoms with E-state index in [0.717, 1.165) is 39.8 Å². The van der Waals surface area contributed by atoms with Gasteiger partial charge in [-0.25, -0.2) is 9.97 Å². The standard InChI is InChI=1S/C31H40N6O2S/c1-31(2,38)11-8-23-6-5-7-24(18-23)22-39-27-19-25(20-33-29(27)32-3)28-21-34-30(40-28)37-12-9-26(10-13-37)36-16-14-35(4)15-17-36/h5-7,18-21,26,38H,9-10,12-17,22H2,1-4H3,(H,32,33). The highest BCUT2D eigenvalue weighted by Crippen LogP contribution is 2.36. The van der Waals surface area contributed by atoms with Crippen LogP contribution in [-0.4, -0.2) is 89.9 Å². The summed E-state index contributed by atoms with van der Waals surface area (Å²) in [7, 11) is 4.06. The van der Waals surface area contributed by atoms with Crippen LogP contribution in [0, 0.1) is 11.8 Å². The van der Waals surface area contributed by atoms with E-state index in [1.165, 1.54) is 39.0 Å². The smallest absolute Gasteiger partial charge is 0.185 e. The zero-order chi connectivity index (χ0) is 28.1. The number of thiazole rings is 1. The number of ether oxygens (including phenoxy) is 1. The quantitative estimate of drug-likeness (QED) is 0.417. The number of nitrogens with zero attached hydrogens (tertiary/aromatic N) is 5. The van der Waals surface area contributed by atoms with Crippen molar-refractivity contribution >= 4 is 22.3 Å². The lowest BCUT2D eigenvalue weighted by Crippen LogP contribution is -2.52. The van der Waals surface area contributed by atoms with E-state index in [4.69, 9.17) is 9.72 Å². The van der Waals surface area contributed by atoms with Crippen LogP contribution in [0.15, 0.2) is 42.7 Å². The fourth-order valence-electron chi connectivity index (χ4n) is 5.16. The molecule has 0 amide bonds. The highest BCUT2D eigenvalue weighted by atomic mass is 32.1. The maximum Gasteiger partial charge on any atom is 0.185 e. The van der Waals surface area contributed by atoms with Crippen molar-refractivity contribution in [2.75, 3.05) is 63.6 Å². The van der Waals surface area contributed by atoms with Crippen molar-refractivity contribution < 1.29 is 9.84 Å². The molecule has 0 unspecified atom stereocenters. The monoisotopic (exact) mass is 560 g/mol. The van der Waals surface area contributed by atoms with Crippen LogP contribution in [-0.2, 0) is 6.61 Å². The SMILES string of the molecule is CNc1ncc(-c2cnc(N3CCC(N4CCN(C)CC4)CC3)s2)cc1OCc1cccc(C#CC(C)(C)O)c1. The summed E-state index contributed by atoms with van der Waals surface area (Å²) < 4.78 is 6.22. The average molecular weight is 561 g/mol. The molecule has 212 valence electrons. The second kappa shape index (κ2) is 12.6. The molecule has 2 aliphatic heterocycles. The summed E-state index contributed by atoms with van der Waals surface area (Å²) >= 11 is 1.72. The third-order valence-electron chi connectivity index (χ3n) is 7.49. The summed E-state index contributed by atoms with van der Waals surface area (Å²) in [6.45, 7) is 10.6. The van der Waals surface area contributed by atoms with E-state index in [9.17, 15) is 5.11 Å². The van der Waals surface area contributed by atoms with E-state index < -0.39 is 5.60 Å². The molecule has 8 nitrogen and oxygen atoms in total. The predicted molar refractivity (Wildman–Crippen MR) is 163 cm³/mol. The van der Waals surface area contributed by atoms with Gasteiger partial charge in [-0.3, -0.25) is 4.90 Å². The van der Waals surface area contributed by atoms with Gasteiger partial charge in [-0.05, 0) is 57.5 Å². The lowest BCUT2D eigenvalue weighted by atomic mass is 10.0. The molecule has 0 atom stereocenters. The summed E-state index contributed by atoms with van der Waals surface area (Å²) in [6, 6.07) is 10.6. The Bertz CT molecular complexity index is 1340. The molecule has 4 heterocycles. The number of hydrogen-bond donors (Lipinski definition) is 2. The number of piperazine rings is 1. The average Bonchev–Trinajstić information content (AvgIpc) is 3.46. The molecule has 3 aromatic rings. The molecule has 2 N–H and O–H groups in total. The molecule has 0 spiro atoms. The Balaban J connectivity index is 1.23. The Morgan fingerprint density at radius 1 is 1.07 bits per heavy atom. The minimum atomic E-state index is -1.03. The first-order valence-electron chi connectivity index (χ1n) is 14.1. The van der Waals surface area contributed by atoms with Crippen molar-refractivity contribution in [1.82, 2.24) is 19.8 Å². The van der Waals surface area contributed by atoms with Gasteiger partial charge in [-0.2, -0.15) is 0 Å². The van der Waals surface area contributed by atoms with Gasteiger partial charge >= 0.3 is 0 Å². The van der Waals surface area contributed by atoms with Crippen molar-refractivity contribution in [3.8, 4) is 28.0 Å². The van der Waals surface area contributed by atoms with Crippen LogP contribution in [0.1, 0.15) is 37.8 Å². The third-order valence-corrected chi connectivity index (χ3v) is 8.60. The normalized spacial score (nSPS) is 17.4. The van der Waals surface area contributed by atoms with Crippen molar-refractivity contribution in [2.24, 2.45) is 0 Å². The van der Waals surface area contributed by atoms with E-state index in [2.05, 4.69) is 43.9 Å². The first kappa shape index (κ1) is 28.4. The van der Waals surface area contributed by atoms with E-state index in [0.29, 0.717) is 24.2 Å². The molecule has 5 rings (SSSR count). The number of hydrogen-bond acceptors (Lipinski definition) is 9. The van der Waals surface area contributed by atoms with Crippen molar-refractivity contribution in [1.29, 1.82) is 0 Å². The molecular weight excluding hydrogens is 520 g/mol. The fraction of sp³-hybridized carbons (Fsp3) is 0.484. The lowest BCUT2D eigenvalue weighted by Gasteiger charge is -2.42. The summed E-state index contributed by atoms with van der Waals surface area (Å²) in [5.41, 5.74) is 1.80. The molecule has 2 fully saturated rings. The molecule has 40 heavy (non-hydrogen) atoms. The van der Waals surface area contributed by atoms with Crippen molar-refractivity contribution in [3.05, 3.63) is 53.9 Å². The molecule has 2 aliphatic rings. The highest BCUT2D eigenvalue weighted by molar-refractivity contribution is 7.18. The first-order chi connectivity index (χ1) is 19.3. The number of rotatable bonds is 7. The summed E-state index contributed by atoms with van der Waals surface area (Å²) in [5.74, 6) is 7.28. The van der Waals surface area contributed by atoms with E-state index in [-0.39, 0.29) is 0 Å². The third kappa shape index (κ3) is 7.32. The number of piperidine rings is 1. The Morgan fingerprint density at radius 2 is 1.85 bits per heavy atom. The second-order valence-corrected chi connectivity index (χ2v) is 12.2. The predicted octanol–water partition coefficient (Wildman–Crippen LogP) is 4.16. The molecule has 0 bridgehead atoms. The van der Waals surface area contributed by atoms with Gasteiger partial charge in [0.2, 0.25) is 0 Å². The van der Waals surface area contributed by atoms with E-state index >= 15 is 0 Å². The van der Waals surface area contributed by atoms with Gasteiger partial charge in [0.05, 0.1) is 4.88 Å².